The summed E-state index contributed by atoms with van der Waals surface area (Å²) in [6.07, 6.45) is 18.5. The Morgan fingerprint density at radius 2 is 1.47 bits per heavy atom. The van der Waals surface area contributed by atoms with E-state index in [1.54, 1.807) is 0 Å². The zero-order valence-corrected chi connectivity index (χ0v) is 25.9. The van der Waals surface area contributed by atoms with Gasteiger partial charge in [-0.25, -0.2) is 9.09 Å². The lowest BCUT2D eigenvalue weighted by Gasteiger charge is -2.39. The van der Waals surface area contributed by atoms with Crippen molar-refractivity contribution in [3.8, 4) is 0 Å². The molecule has 0 radical (unpaired) electrons. The van der Waals surface area contributed by atoms with Gasteiger partial charge in [-0.05, 0) is 26.2 Å². The first kappa shape index (κ1) is 33.7. The maximum atomic E-state index is 13.1. The van der Waals surface area contributed by atoms with Gasteiger partial charge in [0, 0.05) is 13.5 Å². The third-order valence-electron chi connectivity index (χ3n) is 7.85. The number of quaternary nitrogens is 1. The molecular formula is C29H57NO7P+. The van der Waals surface area contributed by atoms with Crippen LogP contribution >= 0.6 is 7.82 Å². The lowest BCUT2D eigenvalue weighted by atomic mass is 10.0. The number of carbonyl (C=O) groups is 1. The molecule has 2 aliphatic heterocycles. The van der Waals surface area contributed by atoms with Crippen LogP contribution in [-0.2, 0) is 32.4 Å². The zero-order valence-electron chi connectivity index (χ0n) is 25.0. The summed E-state index contributed by atoms with van der Waals surface area (Å²) in [5.41, 5.74) is 0. The van der Waals surface area contributed by atoms with Gasteiger partial charge in [0.15, 0.2) is 6.10 Å². The summed E-state index contributed by atoms with van der Waals surface area (Å²) in [4.78, 5) is 11.7. The summed E-state index contributed by atoms with van der Waals surface area (Å²) in [5.74, 6) is -0.427. The number of piperidine rings is 1. The Morgan fingerprint density at radius 3 is 2.00 bits per heavy atom. The number of nitrogens with zero attached hydrogens (tertiary/aromatic N) is 1. The minimum absolute atomic E-state index is 0.0936. The summed E-state index contributed by atoms with van der Waals surface area (Å²) in [6, 6.07) is 0. The van der Waals surface area contributed by atoms with Crippen molar-refractivity contribution in [1.29, 1.82) is 0 Å². The number of phosphoric ester groups is 1. The van der Waals surface area contributed by atoms with Crippen LogP contribution in [0.1, 0.15) is 124 Å². The van der Waals surface area contributed by atoms with Gasteiger partial charge in [0.2, 0.25) is 6.23 Å². The highest BCUT2D eigenvalue weighted by molar-refractivity contribution is 7.48. The van der Waals surface area contributed by atoms with Crippen LogP contribution in [0.5, 0.6) is 0 Å². The smallest absolute Gasteiger partial charge is 0.457 e. The highest BCUT2D eigenvalue weighted by atomic mass is 31.2. The molecule has 8 nitrogen and oxygen atoms in total. The first-order chi connectivity index (χ1) is 18.2. The molecule has 0 spiro atoms. The SMILES string of the molecule is CCCCCCCCCCCCCCCCOC(C)C(COP1(=O)OC2CCC[N+](C)(C)C2O1)OC(C)=O. The van der Waals surface area contributed by atoms with Crippen molar-refractivity contribution in [1.82, 2.24) is 0 Å². The van der Waals surface area contributed by atoms with Gasteiger partial charge in [-0.2, -0.15) is 0 Å². The van der Waals surface area contributed by atoms with Crippen LogP contribution < -0.4 is 0 Å². The fraction of sp³-hybridized carbons (Fsp3) is 0.966. The van der Waals surface area contributed by atoms with Crippen LogP contribution in [0.25, 0.3) is 0 Å². The molecule has 0 bridgehead atoms. The molecule has 5 atom stereocenters. The molecule has 2 heterocycles. The largest absolute Gasteiger partial charge is 0.480 e. The predicted octanol–water partition coefficient (Wildman–Crippen LogP) is 7.54. The monoisotopic (exact) mass is 562 g/mol. The van der Waals surface area contributed by atoms with Crippen molar-refractivity contribution >= 4 is 13.8 Å². The number of hydrogen-bond acceptors (Lipinski definition) is 7. The van der Waals surface area contributed by atoms with Crippen LogP contribution in [-0.4, -0.2) is 68.8 Å². The quantitative estimate of drug-likeness (QED) is 0.0619. The molecule has 2 saturated heterocycles. The van der Waals surface area contributed by atoms with Gasteiger partial charge in [-0.15, -0.1) is 0 Å². The highest BCUT2D eigenvalue weighted by Crippen LogP contribution is 2.60. The van der Waals surface area contributed by atoms with E-state index in [4.69, 9.17) is 23.0 Å². The molecule has 0 N–H and O–H groups in total. The molecule has 0 saturated carbocycles. The van der Waals surface area contributed by atoms with E-state index in [0.29, 0.717) is 11.1 Å². The van der Waals surface area contributed by atoms with E-state index in [9.17, 15) is 9.36 Å². The van der Waals surface area contributed by atoms with Crippen molar-refractivity contribution in [3.05, 3.63) is 0 Å². The molecule has 224 valence electrons. The first-order valence-corrected chi connectivity index (χ1v) is 16.9. The van der Waals surface area contributed by atoms with E-state index in [-0.39, 0.29) is 25.0 Å². The third-order valence-corrected chi connectivity index (χ3v) is 9.32. The minimum Gasteiger partial charge on any atom is -0.457 e. The van der Waals surface area contributed by atoms with Crippen molar-refractivity contribution in [3.63, 3.8) is 0 Å². The topological polar surface area (TPSA) is 80.3 Å². The van der Waals surface area contributed by atoms with Crippen molar-refractivity contribution in [2.45, 2.75) is 148 Å². The van der Waals surface area contributed by atoms with Gasteiger partial charge in [0.1, 0.15) is 6.10 Å². The summed E-state index contributed by atoms with van der Waals surface area (Å²) < 4.78 is 42.3. The predicted molar refractivity (Wildman–Crippen MR) is 151 cm³/mol. The molecule has 2 aliphatic rings. The molecule has 0 aromatic heterocycles. The van der Waals surface area contributed by atoms with E-state index in [2.05, 4.69) is 6.92 Å². The van der Waals surface area contributed by atoms with Crippen molar-refractivity contribution in [2.24, 2.45) is 0 Å². The van der Waals surface area contributed by atoms with Crippen LogP contribution in [0.15, 0.2) is 0 Å². The Kier molecular flexibility index (Phi) is 16.0. The summed E-state index contributed by atoms with van der Waals surface area (Å²) in [6.45, 7) is 6.91. The standard InChI is InChI=1S/C29H57NO7P/c1-6-7-8-9-10-11-12-13-14-15-16-17-18-19-23-33-25(2)28(35-26(3)31)24-34-38(32)36-27-21-20-22-30(4,5)29(27)37-38/h25,27-29H,6-24H2,1-5H3/q+1. The number of likely N-dealkylation sites (tertiary alicyclic amines) is 1. The molecule has 0 aromatic carbocycles. The van der Waals surface area contributed by atoms with E-state index >= 15 is 0 Å². The van der Waals surface area contributed by atoms with Gasteiger partial charge >= 0.3 is 13.8 Å². The lowest BCUT2D eigenvalue weighted by molar-refractivity contribution is -0.939. The average Bonchev–Trinajstić information content (AvgIpc) is 3.22. The first-order valence-electron chi connectivity index (χ1n) is 15.4. The Hall–Kier alpha value is -0.500. The second kappa shape index (κ2) is 18.0. The number of esters is 1. The van der Waals surface area contributed by atoms with Crippen molar-refractivity contribution < 1.29 is 36.9 Å². The zero-order chi connectivity index (χ0) is 27.9. The Bertz CT molecular complexity index is 704. The molecule has 38 heavy (non-hydrogen) atoms. The van der Waals surface area contributed by atoms with E-state index in [1.807, 2.05) is 21.0 Å². The number of fused-ring (bicyclic) bond motifs is 1. The van der Waals surface area contributed by atoms with Gasteiger partial charge in [0.05, 0.1) is 33.4 Å². The number of likely N-dealkylation sites (N-methyl/N-ethyl adjacent to an activating group) is 1. The molecule has 5 unspecified atom stereocenters. The normalized spacial score (nSPS) is 26.1. The number of carbonyl (C=O) groups excluding carboxylic acids is 1. The van der Waals surface area contributed by atoms with Crippen LogP contribution in [0, 0.1) is 0 Å². The third kappa shape index (κ3) is 12.8. The molecule has 2 rings (SSSR count). The fourth-order valence-electron chi connectivity index (χ4n) is 5.42. The fourth-order valence-corrected chi connectivity index (χ4v) is 7.12. The molecule has 9 heteroatoms. The molecule has 0 aliphatic carbocycles. The van der Waals surface area contributed by atoms with Crippen LogP contribution in [0.2, 0.25) is 0 Å². The molecule has 2 fully saturated rings. The van der Waals surface area contributed by atoms with E-state index in [0.717, 1.165) is 32.2 Å². The molecule has 0 aromatic rings. The van der Waals surface area contributed by atoms with Crippen LogP contribution in [0.4, 0.5) is 0 Å². The lowest BCUT2D eigenvalue weighted by Crippen LogP contribution is -2.56. The number of ether oxygens (including phenoxy) is 2. The second-order valence-corrected chi connectivity index (χ2v) is 13.4. The van der Waals surface area contributed by atoms with Crippen molar-refractivity contribution in [2.75, 3.05) is 33.9 Å². The number of hydrogen-bond donors (Lipinski definition) is 0. The molecular weight excluding hydrogens is 505 g/mol. The summed E-state index contributed by atoms with van der Waals surface area (Å²) in [5, 5.41) is 0. The number of rotatable bonds is 21. The Morgan fingerprint density at radius 1 is 0.921 bits per heavy atom. The maximum absolute atomic E-state index is 13.1. The van der Waals surface area contributed by atoms with Gasteiger partial charge in [-0.3, -0.25) is 13.8 Å². The van der Waals surface area contributed by atoms with Crippen LogP contribution in [0.3, 0.4) is 0 Å². The summed E-state index contributed by atoms with van der Waals surface area (Å²) in [7, 11) is 0.375. The second-order valence-electron chi connectivity index (χ2n) is 11.8. The Labute approximate surface area is 232 Å². The van der Waals surface area contributed by atoms with E-state index < -0.39 is 19.9 Å². The van der Waals surface area contributed by atoms with Gasteiger partial charge in [-0.1, -0.05) is 90.4 Å². The molecule has 0 amide bonds. The number of phosphoric acid groups is 1. The summed E-state index contributed by atoms with van der Waals surface area (Å²) >= 11 is 0. The van der Waals surface area contributed by atoms with E-state index in [1.165, 1.54) is 84.0 Å². The average molecular weight is 563 g/mol. The maximum Gasteiger partial charge on any atom is 0.480 e. The van der Waals surface area contributed by atoms with Gasteiger partial charge < -0.3 is 14.0 Å². The minimum atomic E-state index is -3.72. The Balaban J connectivity index is 1.56. The van der Waals surface area contributed by atoms with Gasteiger partial charge in [0.25, 0.3) is 0 Å². The highest BCUT2D eigenvalue weighted by Gasteiger charge is 2.55. The number of unbranched alkanes of at least 4 members (excludes halogenated alkanes) is 13.